The molecule has 4 rings (SSSR count). The van der Waals surface area contributed by atoms with Gasteiger partial charge < -0.3 is 9.64 Å². The molecule has 0 aromatic heterocycles. The zero-order valence-corrected chi connectivity index (χ0v) is 17.4. The highest BCUT2D eigenvalue weighted by atomic mass is 79.9. The van der Waals surface area contributed by atoms with Crippen molar-refractivity contribution < 1.29 is 9.53 Å². The molecule has 3 nitrogen and oxygen atoms in total. The monoisotopic (exact) mass is 427 g/mol. The van der Waals surface area contributed by atoms with Crippen LogP contribution >= 0.6 is 15.9 Å². The standard InChI is InChI=1S/C23H26BrNO2/c1-16-7-8-20(22(24)12-16)14-25(15-21-6-3-11-27-21)23(26)19-10-9-17-4-2-5-18(17)13-19/h7-10,12-13,21H,2-6,11,14-15H2,1H3. The highest BCUT2D eigenvalue weighted by Crippen LogP contribution is 2.26. The number of halogens is 1. The topological polar surface area (TPSA) is 29.5 Å². The molecule has 142 valence electrons. The first-order valence-electron chi connectivity index (χ1n) is 9.88. The van der Waals surface area contributed by atoms with Crippen LogP contribution in [0, 0.1) is 6.92 Å². The minimum atomic E-state index is 0.104. The van der Waals surface area contributed by atoms with E-state index in [0.717, 1.165) is 47.9 Å². The van der Waals surface area contributed by atoms with Gasteiger partial charge in [-0.2, -0.15) is 0 Å². The van der Waals surface area contributed by atoms with Crippen LogP contribution < -0.4 is 0 Å². The van der Waals surface area contributed by atoms with Crippen LogP contribution in [0.4, 0.5) is 0 Å². The van der Waals surface area contributed by atoms with E-state index in [1.807, 2.05) is 11.0 Å². The van der Waals surface area contributed by atoms with E-state index in [0.29, 0.717) is 13.1 Å². The molecule has 1 heterocycles. The van der Waals surface area contributed by atoms with Crippen molar-refractivity contribution in [3.05, 3.63) is 68.7 Å². The third kappa shape index (κ3) is 4.27. The van der Waals surface area contributed by atoms with Gasteiger partial charge in [0, 0.05) is 29.7 Å². The van der Waals surface area contributed by atoms with Crippen LogP contribution in [-0.2, 0) is 24.1 Å². The number of ether oxygens (including phenoxy) is 1. The molecule has 0 saturated carbocycles. The summed E-state index contributed by atoms with van der Waals surface area (Å²) >= 11 is 3.67. The summed E-state index contributed by atoms with van der Waals surface area (Å²) in [6.45, 7) is 4.13. The van der Waals surface area contributed by atoms with E-state index >= 15 is 0 Å². The molecule has 1 atom stereocenters. The van der Waals surface area contributed by atoms with Crippen molar-refractivity contribution in [2.75, 3.05) is 13.2 Å². The first-order chi connectivity index (χ1) is 13.1. The molecule has 2 aromatic rings. The zero-order chi connectivity index (χ0) is 18.8. The highest BCUT2D eigenvalue weighted by Gasteiger charge is 2.25. The van der Waals surface area contributed by atoms with Gasteiger partial charge in [0.15, 0.2) is 0 Å². The van der Waals surface area contributed by atoms with Crippen LogP contribution in [0.5, 0.6) is 0 Å². The van der Waals surface area contributed by atoms with Gasteiger partial charge in [-0.3, -0.25) is 4.79 Å². The van der Waals surface area contributed by atoms with Crippen molar-refractivity contribution in [2.24, 2.45) is 0 Å². The molecule has 1 saturated heterocycles. The van der Waals surface area contributed by atoms with E-state index < -0.39 is 0 Å². The lowest BCUT2D eigenvalue weighted by Gasteiger charge is -2.26. The van der Waals surface area contributed by atoms with Gasteiger partial charge in [0.05, 0.1) is 6.10 Å². The molecule has 1 aliphatic carbocycles. The van der Waals surface area contributed by atoms with Crippen LogP contribution in [0.25, 0.3) is 0 Å². The Bertz CT molecular complexity index is 842. The summed E-state index contributed by atoms with van der Waals surface area (Å²) in [6, 6.07) is 12.6. The maximum Gasteiger partial charge on any atom is 0.254 e. The van der Waals surface area contributed by atoms with Crippen molar-refractivity contribution >= 4 is 21.8 Å². The second kappa shape index (κ2) is 8.15. The van der Waals surface area contributed by atoms with Gasteiger partial charge in [0.1, 0.15) is 0 Å². The molecule has 0 bridgehead atoms. The number of carbonyl (C=O) groups excluding carboxylic acids is 1. The third-order valence-corrected chi connectivity index (χ3v) is 6.39. The second-order valence-electron chi connectivity index (χ2n) is 7.75. The van der Waals surface area contributed by atoms with Gasteiger partial charge >= 0.3 is 0 Å². The van der Waals surface area contributed by atoms with E-state index in [1.165, 1.54) is 23.1 Å². The Morgan fingerprint density at radius 3 is 2.78 bits per heavy atom. The first-order valence-corrected chi connectivity index (χ1v) is 10.7. The molecule has 4 heteroatoms. The minimum absolute atomic E-state index is 0.104. The molecule has 2 aliphatic rings. The number of nitrogens with zero attached hydrogens (tertiary/aromatic N) is 1. The number of amides is 1. The number of hydrogen-bond donors (Lipinski definition) is 0. The Morgan fingerprint density at radius 1 is 1.15 bits per heavy atom. The minimum Gasteiger partial charge on any atom is -0.376 e. The van der Waals surface area contributed by atoms with Crippen molar-refractivity contribution in [1.29, 1.82) is 0 Å². The molecule has 1 amide bonds. The lowest BCUT2D eigenvalue weighted by Crippen LogP contribution is -2.37. The van der Waals surface area contributed by atoms with Crippen LogP contribution in [0.15, 0.2) is 40.9 Å². The average molecular weight is 428 g/mol. The molecule has 2 aromatic carbocycles. The molecule has 0 N–H and O–H groups in total. The smallest absolute Gasteiger partial charge is 0.254 e. The van der Waals surface area contributed by atoms with E-state index in [1.54, 1.807) is 0 Å². The molecule has 27 heavy (non-hydrogen) atoms. The van der Waals surface area contributed by atoms with Gasteiger partial charge in [0.25, 0.3) is 5.91 Å². The van der Waals surface area contributed by atoms with Crippen LogP contribution in [-0.4, -0.2) is 30.1 Å². The van der Waals surface area contributed by atoms with Gasteiger partial charge in [-0.05, 0) is 79.5 Å². The predicted molar refractivity (Wildman–Crippen MR) is 111 cm³/mol. The van der Waals surface area contributed by atoms with Crippen LogP contribution in [0.2, 0.25) is 0 Å². The van der Waals surface area contributed by atoms with Crippen LogP contribution in [0.3, 0.4) is 0 Å². The fourth-order valence-electron chi connectivity index (χ4n) is 4.13. The van der Waals surface area contributed by atoms with Crippen molar-refractivity contribution in [3.63, 3.8) is 0 Å². The molecule has 0 radical (unpaired) electrons. The fraction of sp³-hybridized carbons (Fsp3) is 0.435. The number of rotatable bonds is 5. The summed E-state index contributed by atoms with van der Waals surface area (Å²) in [5, 5.41) is 0. The largest absolute Gasteiger partial charge is 0.376 e. The molecular formula is C23H26BrNO2. The zero-order valence-electron chi connectivity index (χ0n) is 15.8. The quantitative estimate of drug-likeness (QED) is 0.666. The summed E-state index contributed by atoms with van der Waals surface area (Å²) in [6.07, 6.45) is 5.68. The molecule has 1 unspecified atom stereocenters. The summed E-state index contributed by atoms with van der Waals surface area (Å²) in [5.74, 6) is 0.104. The molecule has 0 spiro atoms. The van der Waals surface area contributed by atoms with Gasteiger partial charge in [-0.15, -0.1) is 0 Å². The summed E-state index contributed by atoms with van der Waals surface area (Å²) < 4.78 is 6.88. The van der Waals surface area contributed by atoms with E-state index in [9.17, 15) is 4.79 Å². The normalized spacial score (nSPS) is 18.5. The summed E-state index contributed by atoms with van der Waals surface area (Å²) in [5.41, 5.74) is 5.89. The predicted octanol–water partition coefficient (Wildman–Crippen LogP) is 5.07. The van der Waals surface area contributed by atoms with E-state index in [-0.39, 0.29) is 12.0 Å². The number of aryl methyl sites for hydroxylation is 3. The number of carbonyl (C=O) groups is 1. The Morgan fingerprint density at radius 2 is 2.00 bits per heavy atom. The Balaban J connectivity index is 1.59. The fourth-order valence-corrected chi connectivity index (χ4v) is 4.75. The lowest BCUT2D eigenvalue weighted by molar-refractivity contribution is 0.0507. The van der Waals surface area contributed by atoms with E-state index in [2.05, 4.69) is 53.2 Å². The van der Waals surface area contributed by atoms with Crippen LogP contribution in [0.1, 0.15) is 51.9 Å². The van der Waals surface area contributed by atoms with Crippen molar-refractivity contribution in [1.82, 2.24) is 4.90 Å². The maximum atomic E-state index is 13.4. The average Bonchev–Trinajstić information content (AvgIpc) is 3.33. The van der Waals surface area contributed by atoms with Gasteiger partial charge in [-0.25, -0.2) is 0 Å². The van der Waals surface area contributed by atoms with Crippen molar-refractivity contribution in [3.8, 4) is 0 Å². The Labute approximate surface area is 169 Å². The third-order valence-electron chi connectivity index (χ3n) is 5.65. The molecular weight excluding hydrogens is 402 g/mol. The summed E-state index contributed by atoms with van der Waals surface area (Å²) in [7, 11) is 0. The van der Waals surface area contributed by atoms with Gasteiger partial charge in [-0.1, -0.05) is 34.1 Å². The first kappa shape index (κ1) is 18.7. The molecule has 1 fully saturated rings. The van der Waals surface area contributed by atoms with E-state index in [4.69, 9.17) is 4.74 Å². The second-order valence-corrected chi connectivity index (χ2v) is 8.61. The Kier molecular flexibility index (Phi) is 5.65. The number of hydrogen-bond acceptors (Lipinski definition) is 2. The number of fused-ring (bicyclic) bond motifs is 1. The maximum absolute atomic E-state index is 13.4. The van der Waals surface area contributed by atoms with Gasteiger partial charge in [0.2, 0.25) is 0 Å². The Hall–Kier alpha value is -1.65. The van der Waals surface area contributed by atoms with Crippen molar-refractivity contribution in [2.45, 2.75) is 51.7 Å². The SMILES string of the molecule is Cc1ccc(CN(CC2CCCO2)C(=O)c2ccc3c(c2)CCC3)c(Br)c1. The lowest BCUT2D eigenvalue weighted by atomic mass is 10.0. The summed E-state index contributed by atoms with van der Waals surface area (Å²) in [4.78, 5) is 15.3. The number of benzene rings is 2. The highest BCUT2D eigenvalue weighted by molar-refractivity contribution is 9.10. The molecule has 1 aliphatic heterocycles.